The predicted octanol–water partition coefficient (Wildman–Crippen LogP) is 1.42. The summed E-state index contributed by atoms with van der Waals surface area (Å²) in [7, 11) is 0. The van der Waals surface area contributed by atoms with Crippen molar-refractivity contribution in [3.63, 3.8) is 0 Å². The normalized spacial score (nSPS) is 10.7. The summed E-state index contributed by atoms with van der Waals surface area (Å²) in [6.45, 7) is 5.67. The fourth-order valence-electron chi connectivity index (χ4n) is 1.95. The van der Waals surface area contributed by atoms with Crippen LogP contribution >= 0.6 is 0 Å². The third kappa shape index (κ3) is 2.65. The van der Waals surface area contributed by atoms with E-state index in [4.69, 9.17) is 4.74 Å². The molecule has 5 heteroatoms. The van der Waals surface area contributed by atoms with Crippen molar-refractivity contribution in [3.8, 4) is 0 Å². The molecular weight excluding hydrogens is 244 g/mol. The first-order valence-electron chi connectivity index (χ1n) is 6.17. The molecule has 0 fully saturated rings. The van der Waals surface area contributed by atoms with Crippen molar-refractivity contribution < 1.29 is 9.53 Å². The van der Waals surface area contributed by atoms with Crippen molar-refractivity contribution in [2.24, 2.45) is 0 Å². The summed E-state index contributed by atoms with van der Waals surface area (Å²) in [5, 5.41) is 0. The maximum absolute atomic E-state index is 12.4. The fourth-order valence-corrected chi connectivity index (χ4v) is 1.95. The number of ether oxygens (including phenoxy) is 1. The summed E-state index contributed by atoms with van der Waals surface area (Å²) in [6, 6.07) is 3.68. The first-order chi connectivity index (χ1) is 9.02. The van der Waals surface area contributed by atoms with Gasteiger partial charge in [0.1, 0.15) is 5.65 Å². The van der Waals surface area contributed by atoms with Crippen LogP contribution in [-0.2, 0) is 16.0 Å². The zero-order valence-electron chi connectivity index (χ0n) is 11.3. The molecule has 2 rings (SSSR count). The van der Waals surface area contributed by atoms with Gasteiger partial charge in [0.2, 0.25) is 0 Å². The molecule has 0 aliphatic rings. The van der Waals surface area contributed by atoms with Crippen LogP contribution in [0.25, 0.3) is 5.65 Å². The highest BCUT2D eigenvalue weighted by Gasteiger charge is 2.14. The Morgan fingerprint density at radius 2 is 2.11 bits per heavy atom. The van der Waals surface area contributed by atoms with E-state index in [1.54, 1.807) is 26.1 Å². The van der Waals surface area contributed by atoms with Crippen LogP contribution in [0.5, 0.6) is 0 Å². The van der Waals surface area contributed by atoms with E-state index in [-0.39, 0.29) is 12.0 Å². The van der Waals surface area contributed by atoms with Gasteiger partial charge in [-0.1, -0.05) is 6.07 Å². The molecule has 2 aromatic rings. The number of carbonyl (C=O) groups is 1. The second kappa shape index (κ2) is 5.22. The molecule has 2 heterocycles. The first kappa shape index (κ1) is 13.3. The molecule has 0 atom stereocenters. The fraction of sp³-hybridized carbons (Fsp3) is 0.357. The van der Waals surface area contributed by atoms with E-state index in [1.165, 1.54) is 4.40 Å². The summed E-state index contributed by atoms with van der Waals surface area (Å²) < 4.78 is 6.35. The number of aromatic nitrogens is 2. The van der Waals surface area contributed by atoms with Gasteiger partial charge in [0.25, 0.3) is 5.56 Å². The highest BCUT2D eigenvalue weighted by Crippen LogP contribution is 2.07. The van der Waals surface area contributed by atoms with Crippen molar-refractivity contribution in [3.05, 3.63) is 45.5 Å². The van der Waals surface area contributed by atoms with E-state index < -0.39 is 5.97 Å². The Labute approximate surface area is 110 Å². The number of nitrogens with zero attached hydrogens (tertiary/aromatic N) is 2. The molecule has 0 radical (unpaired) electrons. The molecule has 0 aliphatic carbocycles. The smallest absolute Gasteiger partial charge is 0.310 e. The molecule has 0 saturated carbocycles. The highest BCUT2D eigenvalue weighted by molar-refractivity contribution is 5.72. The molecule has 0 unspecified atom stereocenters. The monoisotopic (exact) mass is 260 g/mol. The van der Waals surface area contributed by atoms with Gasteiger partial charge >= 0.3 is 5.97 Å². The number of pyridine rings is 1. The average molecular weight is 260 g/mol. The molecule has 100 valence electrons. The molecule has 0 saturated heterocycles. The first-order valence-corrected chi connectivity index (χ1v) is 6.17. The molecule has 0 aliphatic heterocycles. The molecule has 5 nitrogen and oxygen atoms in total. The largest absolute Gasteiger partial charge is 0.466 e. The molecule has 2 aromatic heterocycles. The van der Waals surface area contributed by atoms with E-state index in [2.05, 4.69) is 4.98 Å². The van der Waals surface area contributed by atoms with Crippen LogP contribution in [0, 0.1) is 13.8 Å². The van der Waals surface area contributed by atoms with Gasteiger partial charge < -0.3 is 4.74 Å². The lowest BCUT2D eigenvalue weighted by Crippen LogP contribution is -2.24. The zero-order chi connectivity index (χ0) is 14.0. The van der Waals surface area contributed by atoms with Crippen molar-refractivity contribution in [1.29, 1.82) is 0 Å². The maximum Gasteiger partial charge on any atom is 0.310 e. The van der Waals surface area contributed by atoms with Gasteiger partial charge in [-0.3, -0.25) is 14.0 Å². The van der Waals surface area contributed by atoms with Crippen LogP contribution in [0.3, 0.4) is 0 Å². The minimum Gasteiger partial charge on any atom is -0.466 e. The van der Waals surface area contributed by atoms with Crippen molar-refractivity contribution in [2.75, 3.05) is 6.61 Å². The molecule has 0 spiro atoms. The minimum absolute atomic E-state index is 0.0393. The van der Waals surface area contributed by atoms with Crippen LogP contribution < -0.4 is 5.56 Å². The van der Waals surface area contributed by atoms with E-state index in [9.17, 15) is 9.59 Å². The van der Waals surface area contributed by atoms with Gasteiger partial charge in [-0.15, -0.1) is 0 Å². The molecule has 0 aromatic carbocycles. The molecule has 0 amide bonds. The van der Waals surface area contributed by atoms with Crippen molar-refractivity contribution in [1.82, 2.24) is 9.38 Å². The summed E-state index contributed by atoms with van der Waals surface area (Å²) in [6.07, 6.45) is 1.68. The Morgan fingerprint density at radius 1 is 1.37 bits per heavy atom. The van der Waals surface area contributed by atoms with Gasteiger partial charge in [-0.25, -0.2) is 4.98 Å². The van der Waals surface area contributed by atoms with E-state index in [0.717, 1.165) is 5.56 Å². The number of aryl methyl sites for hydroxylation is 2. The number of carbonyl (C=O) groups excluding carboxylic acids is 1. The van der Waals surface area contributed by atoms with Crippen molar-refractivity contribution >= 4 is 11.6 Å². The molecule has 0 N–H and O–H groups in total. The Kier molecular flexibility index (Phi) is 3.64. The van der Waals surface area contributed by atoms with Crippen LogP contribution in [0.2, 0.25) is 0 Å². The molecule has 0 bridgehead atoms. The topological polar surface area (TPSA) is 60.7 Å². The third-order valence-electron chi connectivity index (χ3n) is 2.90. The van der Waals surface area contributed by atoms with Crippen LogP contribution in [-0.4, -0.2) is 22.0 Å². The maximum atomic E-state index is 12.4. The standard InChI is InChI=1S/C14H16N2O3/c1-4-19-13(17)7-11-10(3)15-12-6-5-9(2)8-16(12)14(11)18/h5-6,8H,4,7H2,1-3H3. The Bertz CT molecular complexity index is 689. The van der Waals surface area contributed by atoms with Crippen LogP contribution in [0.1, 0.15) is 23.7 Å². The summed E-state index contributed by atoms with van der Waals surface area (Å²) in [4.78, 5) is 28.2. The van der Waals surface area contributed by atoms with E-state index >= 15 is 0 Å². The van der Waals surface area contributed by atoms with Gasteiger partial charge in [0.15, 0.2) is 0 Å². The van der Waals surface area contributed by atoms with Gasteiger partial charge in [-0.2, -0.15) is 0 Å². The van der Waals surface area contributed by atoms with Gasteiger partial charge in [0, 0.05) is 11.9 Å². The Morgan fingerprint density at radius 3 is 2.79 bits per heavy atom. The van der Waals surface area contributed by atoms with Gasteiger partial charge in [0.05, 0.1) is 18.6 Å². The number of rotatable bonds is 3. The second-order valence-electron chi connectivity index (χ2n) is 4.40. The lowest BCUT2D eigenvalue weighted by atomic mass is 10.1. The van der Waals surface area contributed by atoms with Crippen molar-refractivity contribution in [2.45, 2.75) is 27.2 Å². The average Bonchev–Trinajstić information content (AvgIpc) is 2.36. The quantitative estimate of drug-likeness (QED) is 0.783. The Hall–Kier alpha value is -2.17. The molecule has 19 heavy (non-hydrogen) atoms. The lowest BCUT2D eigenvalue weighted by molar-refractivity contribution is -0.142. The summed E-state index contributed by atoms with van der Waals surface area (Å²) in [5.41, 5.74) is 2.30. The van der Waals surface area contributed by atoms with E-state index in [0.29, 0.717) is 23.5 Å². The lowest BCUT2D eigenvalue weighted by Gasteiger charge is -2.08. The number of hydrogen-bond donors (Lipinski definition) is 0. The summed E-state index contributed by atoms with van der Waals surface area (Å²) in [5.74, 6) is -0.405. The number of fused-ring (bicyclic) bond motifs is 1. The highest BCUT2D eigenvalue weighted by atomic mass is 16.5. The van der Waals surface area contributed by atoms with Gasteiger partial charge in [-0.05, 0) is 32.4 Å². The zero-order valence-corrected chi connectivity index (χ0v) is 11.3. The van der Waals surface area contributed by atoms with Crippen LogP contribution in [0.4, 0.5) is 0 Å². The predicted molar refractivity (Wildman–Crippen MR) is 71.3 cm³/mol. The van der Waals surface area contributed by atoms with Crippen LogP contribution in [0.15, 0.2) is 23.1 Å². The Balaban J connectivity index is 2.55. The summed E-state index contributed by atoms with van der Waals surface area (Å²) >= 11 is 0. The van der Waals surface area contributed by atoms with E-state index in [1.807, 2.05) is 13.0 Å². The SMILES string of the molecule is CCOC(=O)Cc1c(C)nc2ccc(C)cn2c1=O. The second-order valence-corrected chi connectivity index (χ2v) is 4.40. The number of esters is 1. The molecular formula is C14H16N2O3. The third-order valence-corrected chi connectivity index (χ3v) is 2.90. The minimum atomic E-state index is -0.405. The number of hydrogen-bond acceptors (Lipinski definition) is 4.